The van der Waals surface area contributed by atoms with Crippen molar-refractivity contribution in [3.8, 4) is 5.75 Å². The van der Waals surface area contributed by atoms with E-state index in [1.165, 1.54) is 12.1 Å². The summed E-state index contributed by atoms with van der Waals surface area (Å²) in [6, 6.07) is 11.2. The van der Waals surface area contributed by atoms with Crippen LogP contribution in [0.15, 0.2) is 42.5 Å². The number of rotatable bonds is 5. The number of alkyl halides is 3. The first-order valence-corrected chi connectivity index (χ1v) is 7.36. The Balaban J connectivity index is 2.24. The molecular weight excluding hydrogens is 303 g/mol. The van der Waals surface area contributed by atoms with Gasteiger partial charge in [-0.2, -0.15) is 13.2 Å². The van der Waals surface area contributed by atoms with Crippen molar-refractivity contribution >= 4 is 0 Å². The van der Waals surface area contributed by atoms with Crippen molar-refractivity contribution in [1.29, 1.82) is 0 Å². The Kier molecular flexibility index (Phi) is 5.31. The average Bonchev–Trinajstić information content (AvgIpc) is 2.52. The van der Waals surface area contributed by atoms with Gasteiger partial charge in [0.1, 0.15) is 5.75 Å². The lowest BCUT2D eigenvalue weighted by Crippen LogP contribution is -2.16. The van der Waals surface area contributed by atoms with Crippen LogP contribution in [0.2, 0.25) is 0 Å². The molecule has 5 heteroatoms. The van der Waals surface area contributed by atoms with E-state index in [1.54, 1.807) is 13.2 Å². The van der Waals surface area contributed by atoms with Gasteiger partial charge in [0.2, 0.25) is 0 Å². The molecule has 124 valence electrons. The third-order valence-corrected chi connectivity index (χ3v) is 3.91. The molecule has 0 aliphatic carbocycles. The van der Waals surface area contributed by atoms with E-state index in [0.29, 0.717) is 18.5 Å². The number of methoxy groups -OCH3 is 1. The van der Waals surface area contributed by atoms with Crippen molar-refractivity contribution in [1.82, 2.24) is 0 Å². The van der Waals surface area contributed by atoms with Crippen LogP contribution in [-0.4, -0.2) is 13.7 Å². The second kappa shape index (κ2) is 7.04. The van der Waals surface area contributed by atoms with Gasteiger partial charge in [-0.25, -0.2) is 0 Å². The standard InChI is InChI=1S/C18H20F3NO/c1-12-8-14(6-7-17(12)23-2)15(11-22)9-13-4-3-5-16(10-13)18(19,20)21/h3-8,10,15H,9,11,22H2,1-2H3. The fourth-order valence-corrected chi connectivity index (χ4v) is 2.65. The molecule has 0 saturated heterocycles. The molecule has 0 aliphatic rings. The zero-order chi connectivity index (χ0) is 17.0. The highest BCUT2D eigenvalue weighted by Gasteiger charge is 2.30. The van der Waals surface area contributed by atoms with Crippen LogP contribution in [-0.2, 0) is 12.6 Å². The minimum atomic E-state index is -4.33. The first-order valence-electron chi connectivity index (χ1n) is 7.36. The number of aryl methyl sites for hydroxylation is 1. The van der Waals surface area contributed by atoms with Gasteiger partial charge in [0.15, 0.2) is 0 Å². The topological polar surface area (TPSA) is 35.2 Å². The van der Waals surface area contributed by atoms with Gasteiger partial charge < -0.3 is 10.5 Å². The summed E-state index contributed by atoms with van der Waals surface area (Å²) in [4.78, 5) is 0. The van der Waals surface area contributed by atoms with Crippen molar-refractivity contribution in [3.05, 3.63) is 64.7 Å². The van der Waals surface area contributed by atoms with E-state index in [2.05, 4.69) is 0 Å². The van der Waals surface area contributed by atoms with Crippen molar-refractivity contribution in [3.63, 3.8) is 0 Å². The molecule has 2 rings (SSSR count). The van der Waals surface area contributed by atoms with Crippen LogP contribution in [0.3, 0.4) is 0 Å². The molecule has 1 atom stereocenters. The minimum absolute atomic E-state index is 0.0388. The third kappa shape index (κ3) is 4.26. The summed E-state index contributed by atoms with van der Waals surface area (Å²) in [6.45, 7) is 2.29. The predicted octanol–water partition coefficient (Wildman–Crippen LogP) is 4.31. The number of nitrogens with two attached hydrogens (primary N) is 1. The summed E-state index contributed by atoms with van der Waals surface area (Å²) in [5, 5.41) is 0. The number of hydrogen-bond donors (Lipinski definition) is 1. The maximum atomic E-state index is 12.8. The lowest BCUT2D eigenvalue weighted by atomic mass is 9.90. The first-order chi connectivity index (χ1) is 10.8. The Morgan fingerprint density at radius 3 is 2.43 bits per heavy atom. The fraction of sp³-hybridized carbons (Fsp3) is 0.333. The normalized spacial score (nSPS) is 13.0. The Morgan fingerprint density at radius 2 is 1.87 bits per heavy atom. The first kappa shape index (κ1) is 17.3. The Bertz CT molecular complexity index is 668. The molecule has 0 amide bonds. The number of benzene rings is 2. The van der Waals surface area contributed by atoms with Gasteiger partial charge in [-0.3, -0.25) is 0 Å². The summed E-state index contributed by atoms with van der Waals surface area (Å²) in [6.07, 6.45) is -3.86. The molecule has 0 heterocycles. The molecular formula is C18H20F3NO. The summed E-state index contributed by atoms with van der Waals surface area (Å²) in [7, 11) is 1.60. The van der Waals surface area contributed by atoms with Gasteiger partial charge >= 0.3 is 6.18 Å². The largest absolute Gasteiger partial charge is 0.496 e. The molecule has 1 unspecified atom stereocenters. The second-order valence-corrected chi connectivity index (χ2v) is 5.56. The van der Waals surface area contributed by atoms with E-state index in [4.69, 9.17) is 10.5 Å². The van der Waals surface area contributed by atoms with Crippen LogP contribution in [0.25, 0.3) is 0 Å². The summed E-state index contributed by atoms with van der Waals surface area (Å²) in [5.74, 6) is 0.742. The van der Waals surface area contributed by atoms with Crippen LogP contribution in [0.5, 0.6) is 5.75 Å². The molecule has 0 aliphatic heterocycles. The Morgan fingerprint density at radius 1 is 1.13 bits per heavy atom. The molecule has 2 aromatic rings. The van der Waals surface area contributed by atoms with Crippen LogP contribution in [0.4, 0.5) is 13.2 Å². The summed E-state index contributed by atoms with van der Waals surface area (Å²) < 4.78 is 43.7. The third-order valence-electron chi connectivity index (χ3n) is 3.91. The van der Waals surface area contributed by atoms with Crippen molar-refractivity contribution < 1.29 is 17.9 Å². The highest BCUT2D eigenvalue weighted by Crippen LogP contribution is 2.31. The van der Waals surface area contributed by atoms with E-state index in [0.717, 1.165) is 22.9 Å². The van der Waals surface area contributed by atoms with Gasteiger partial charge in [-0.1, -0.05) is 30.3 Å². The zero-order valence-electron chi connectivity index (χ0n) is 13.2. The molecule has 2 N–H and O–H groups in total. The zero-order valence-corrected chi connectivity index (χ0v) is 13.2. The molecule has 0 bridgehead atoms. The number of hydrogen-bond acceptors (Lipinski definition) is 2. The van der Waals surface area contributed by atoms with Gasteiger partial charge in [-0.05, 0) is 48.7 Å². The molecule has 0 saturated carbocycles. The van der Waals surface area contributed by atoms with Crippen LogP contribution < -0.4 is 10.5 Å². The van der Waals surface area contributed by atoms with Crippen molar-refractivity contribution in [2.45, 2.75) is 25.4 Å². The van der Waals surface area contributed by atoms with E-state index < -0.39 is 11.7 Å². The maximum Gasteiger partial charge on any atom is 0.416 e. The van der Waals surface area contributed by atoms with Crippen molar-refractivity contribution in [2.24, 2.45) is 5.73 Å². The Hall–Kier alpha value is -2.01. The van der Waals surface area contributed by atoms with Gasteiger partial charge in [-0.15, -0.1) is 0 Å². The van der Waals surface area contributed by atoms with E-state index in [-0.39, 0.29) is 5.92 Å². The maximum absolute atomic E-state index is 12.8. The molecule has 0 spiro atoms. The monoisotopic (exact) mass is 323 g/mol. The molecule has 23 heavy (non-hydrogen) atoms. The average molecular weight is 323 g/mol. The highest BCUT2D eigenvalue weighted by atomic mass is 19.4. The summed E-state index contributed by atoms with van der Waals surface area (Å²) in [5.41, 5.74) is 7.83. The highest BCUT2D eigenvalue weighted by molar-refractivity contribution is 5.38. The van der Waals surface area contributed by atoms with Gasteiger partial charge in [0.05, 0.1) is 12.7 Å². The smallest absolute Gasteiger partial charge is 0.416 e. The van der Waals surface area contributed by atoms with Crippen molar-refractivity contribution in [2.75, 3.05) is 13.7 Å². The molecule has 0 fully saturated rings. The summed E-state index contributed by atoms with van der Waals surface area (Å²) >= 11 is 0. The quantitative estimate of drug-likeness (QED) is 0.890. The van der Waals surface area contributed by atoms with Crippen LogP contribution in [0, 0.1) is 6.92 Å². The molecule has 2 aromatic carbocycles. The minimum Gasteiger partial charge on any atom is -0.496 e. The van der Waals surface area contributed by atoms with Gasteiger partial charge in [0, 0.05) is 5.92 Å². The number of ether oxygens (including phenoxy) is 1. The second-order valence-electron chi connectivity index (χ2n) is 5.56. The van der Waals surface area contributed by atoms with Crippen LogP contribution in [0.1, 0.15) is 28.2 Å². The van der Waals surface area contributed by atoms with Crippen LogP contribution >= 0.6 is 0 Å². The SMILES string of the molecule is COc1ccc(C(CN)Cc2cccc(C(F)(F)F)c2)cc1C. The lowest BCUT2D eigenvalue weighted by Gasteiger charge is -2.18. The number of halogens is 3. The van der Waals surface area contributed by atoms with E-state index in [9.17, 15) is 13.2 Å². The van der Waals surface area contributed by atoms with E-state index >= 15 is 0 Å². The van der Waals surface area contributed by atoms with Gasteiger partial charge in [0.25, 0.3) is 0 Å². The van der Waals surface area contributed by atoms with E-state index in [1.807, 2.05) is 25.1 Å². The fourth-order valence-electron chi connectivity index (χ4n) is 2.65. The lowest BCUT2D eigenvalue weighted by molar-refractivity contribution is -0.137. The predicted molar refractivity (Wildman–Crippen MR) is 84.7 cm³/mol. The molecule has 0 aromatic heterocycles. The molecule has 2 nitrogen and oxygen atoms in total. The molecule has 0 radical (unpaired) electrons. The Labute approximate surface area is 134 Å².